The average molecular weight is 375 g/mol. The van der Waals surface area contributed by atoms with Crippen LogP contribution in [0.2, 0.25) is 0 Å². The zero-order valence-corrected chi connectivity index (χ0v) is 17.5. The van der Waals surface area contributed by atoms with Gasteiger partial charge in [0.25, 0.3) is 0 Å². The number of rotatable bonds is 2. The highest BCUT2D eigenvalue weighted by Crippen LogP contribution is 2.34. The number of nitrogens with zero attached hydrogens (tertiary/aromatic N) is 4. The van der Waals surface area contributed by atoms with E-state index in [1.165, 1.54) is 12.8 Å². The molecule has 0 saturated carbocycles. The Kier molecular flexibility index (Phi) is 5.92. The molecular formula is C21H34N4O2. The monoisotopic (exact) mass is 374 g/mol. The number of hydrogen-bond donors (Lipinski definition) is 0. The first-order valence-corrected chi connectivity index (χ1v) is 10.3. The predicted molar refractivity (Wildman–Crippen MR) is 107 cm³/mol. The first-order chi connectivity index (χ1) is 12.7. The zero-order chi connectivity index (χ0) is 19.6. The fourth-order valence-corrected chi connectivity index (χ4v) is 4.29. The number of likely N-dealkylation sites (tertiary alicyclic amines) is 1. The van der Waals surface area contributed by atoms with Gasteiger partial charge in [-0.25, -0.2) is 9.78 Å². The highest BCUT2D eigenvalue weighted by atomic mass is 16.6. The molecule has 0 N–H and O–H groups in total. The van der Waals surface area contributed by atoms with Gasteiger partial charge >= 0.3 is 6.09 Å². The summed E-state index contributed by atoms with van der Waals surface area (Å²) in [7, 11) is 0. The molecule has 0 aromatic carbocycles. The van der Waals surface area contributed by atoms with Crippen molar-refractivity contribution < 1.29 is 9.53 Å². The van der Waals surface area contributed by atoms with E-state index in [2.05, 4.69) is 9.88 Å². The third kappa shape index (κ3) is 5.11. The van der Waals surface area contributed by atoms with Crippen molar-refractivity contribution in [3.63, 3.8) is 0 Å². The van der Waals surface area contributed by atoms with E-state index >= 15 is 0 Å². The molecule has 0 aliphatic carbocycles. The van der Waals surface area contributed by atoms with Gasteiger partial charge in [0.15, 0.2) is 0 Å². The first-order valence-electron chi connectivity index (χ1n) is 10.3. The van der Waals surface area contributed by atoms with Gasteiger partial charge in [-0.2, -0.15) is 0 Å². The summed E-state index contributed by atoms with van der Waals surface area (Å²) >= 11 is 0. The number of aromatic nitrogens is 2. The van der Waals surface area contributed by atoms with Gasteiger partial charge in [-0.3, -0.25) is 4.98 Å². The van der Waals surface area contributed by atoms with Crippen molar-refractivity contribution in [3.05, 3.63) is 17.6 Å². The minimum atomic E-state index is -0.419. The van der Waals surface area contributed by atoms with Crippen molar-refractivity contribution in [1.29, 1.82) is 0 Å². The van der Waals surface area contributed by atoms with Gasteiger partial charge in [-0.15, -0.1) is 0 Å². The molecule has 2 aliphatic heterocycles. The molecule has 2 fully saturated rings. The van der Waals surface area contributed by atoms with Crippen molar-refractivity contribution in [2.45, 2.75) is 65.9 Å². The van der Waals surface area contributed by atoms with Gasteiger partial charge in [0, 0.05) is 32.4 Å². The number of carbonyl (C=O) groups excluding carboxylic acids is 1. The molecular weight excluding hydrogens is 340 g/mol. The van der Waals surface area contributed by atoms with Gasteiger partial charge in [-0.05, 0) is 72.1 Å². The van der Waals surface area contributed by atoms with Crippen LogP contribution in [0.25, 0.3) is 0 Å². The van der Waals surface area contributed by atoms with Gasteiger partial charge in [-0.1, -0.05) is 0 Å². The van der Waals surface area contributed by atoms with Crippen molar-refractivity contribution in [2.24, 2.45) is 11.8 Å². The lowest BCUT2D eigenvalue weighted by atomic mass is 9.79. The summed E-state index contributed by atoms with van der Waals surface area (Å²) in [5.41, 5.74) is 1.58. The van der Waals surface area contributed by atoms with E-state index in [1.54, 1.807) is 0 Å². The summed E-state index contributed by atoms with van der Waals surface area (Å²) in [6, 6.07) is 0. The van der Waals surface area contributed by atoms with E-state index in [-0.39, 0.29) is 6.09 Å². The topological polar surface area (TPSA) is 58.6 Å². The molecule has 3 rings (SSSR count). The summed E-state index contributed by atoms with van der Waals surface area (Å²) in [6.07, 6.45) is 6.26. The van der Waals surface area contributed by atoms with Crippen LogP contribution in [0, 0.1) is 25.7 Å². The lowest BCUT2D eigenvalue weighted by molar-refractivity contribution is 0.0152. The summed E-state index contributed by atoms with van der Waals surface area (Å²) in [6.45, 7) is 13.6. The fourth-order valence-electron chi connectivity index (χ4n) is 4.29. The second-order valence-electron chi connectivity index (χ2n) is 9.05. The number of carbonyl (C=O) groups is 1. The maximum absolute atomic E-state index is 12.2. The maximum Gasteiger partial charge on any atom is 0.410 e. The Morgan fingerprint density at radius 2 is 1.59 bits per heavy atom. The van der Waals surface area contributed by atoms with E-state index < -0.39 is 5.60 Å². The fraction of sp³-hybridized carbons (Fsp3) is 0.762. The molecule has 150 valence electrons. The molecule has 0 spiro atoms. The van der Waals surface area contributed by atoms with Crippen LogP contribution in [-0.4, -0.2) is 52.7 Å². The molecule has 3 heterocycles. The van der Waals surface area contributed by atoms with Crippen LogP contribution in [-0.2, 0) is 4.74 Å². The molecule has 2 aliphatic rings. The number of ether oxygens (including phenoxy) is 1. The third-order valence-corrected chi connectivity index (χ3v) is 5.75. The van der Waals surface area contributed by atoms with Crippen molar-refractivity contribution in [1.82, 2.24) is 14.9 Å². The summed E-state index contributed by atoms with van der Waals surface area (Å²) in [5.74, 6) is 2.52. The summed E-state index contributed by atoms with van der Waals surface area (Å²) in [4.78, 5) is 25.7. The molecule has 0 bridgehead atoms. The lowest BCUT2D eigenvalue weighted by Crippen LogP contribution is -2.44. The predicted octanol–water partition coefficient (Wildman–Crippen LogP) is 3.96. The van der Waals surface area contributed by atoms with Gasteiger partial charge in [0.05, 0.1) is 11.4 Å². The summed E-state index contributed by atoms with van der Waals surface area (Å²) in [5, 5.41) is 0. The van der Waals surface area contributed by atoms with Crippen molar-refractivity contribution in [3.8, 4) is 0 Å². The molecule has 2 saturated heterocycles. The SMILES string of the molecule is Cc1cnc(C)c(N2CCC(C3CCN(C(=O)OC(C)(C)C)CC3)CC2)n1. The molecule has 1 amide bonds. The second-order valence-corrected chi connectivity index (χ2v) is 9.05. The summed E-state index contributed by atoms with van der Waals surface area (Å²) < 4.78 is 5.51. The Hall–Kier alpha value is -1.85. The normalized spacial score (nSPS) is 20.0. The molecule has 6 nitrogen and oxygen atoms in total. The minimum Gasteiger partial charge on any atom is -0.444 e. The van der Waals surface area contributed by atoms with E-state index in [0.717, 1.165) is 68.1 Å². The number of amides is 1. The lowest BCUT2D eigenvalue weighted by Gasteiger charge is -2.40. The zero-order valence-electron chi connectivity index (χ0n) is 17.5. The highest BCUT2D eigenvalue weighted by molar-refractivity contribution is 5.68. The molecule has 0 unspecified atom stereocenters. The molecule has 1 aromatic rings. The van der Waals surface area contributed by atoms with Crippen LogP contribution in [0.5, 0.6) is 0 Å². The van der Waals surface area contributed by atoms with Gasteiger partial charge in [0.1, 0.15) is 11.4 Å². The highest BCUT2D eigenvalue weighted by Gasteiger charge is 2.32. The van der Waals surface area contributed by atoms with E-state index in [1.807, 2.05) is 45.7 Å². The molecule has 27 heavy (non-hydrogen) atoms. The Bertz CT molecular complexity index is 655. The molecule has 0 atom stereocenters. The maximum atomic E-state index is 12.2. The minimum absolute atomic E-state index is 0.163. The Labute approximate surface area is 163 Å². The quantitative estimate of drug-likeness (QED) is 0.784. The van der Waals surface area contributed by atoms with Crippen LogP contribution in [0.1, 0.15) is 57.8 Å². The third-order valence-electron chi connectivity index (χ3n) is 5.75. The number of piperidine rings is 2. The van der Waals surface area contributed by atoms with Crippen LogP contribution in [0.4, 0.5) is 10.6 Å². The van der Waals surface area contributed by atoms with Crippen LogP contribution in [0.15, 0.2) is 6.20 Å². The Morgan fingerprint density at radius 3 is 2.15 bits per heavy atom. The molecule has 6 heteroatoms. The number of hydrogen-bond acceptors (Lipinski definition) is 5. The smallest absolute Gasteiger partial charge is 0.410 e. The Morgan fingerprint density at radius 1 is 1.04 bits per heavy atom. The average Bonchev–Trinajstić information content (AvgIpc) is 2.63. The molecule has 1 aromatic heterocycles. The number of aryl methyl sites for hydroxylation is 2. The van der Waals surface area contributed by atoms with E-state index in [4.69, 9.17) is 9.72 Å². The van der Waals surface area contributed by atoms with Gasteiger partial charge in [0.2, 0.25) is 0 Å². The van der Waals surface area contributed by atoms with Crippen molar-refractivity contribution in [2.75, 3.05) is 31.1 Å². The van der Waals surface area contributed by atoms with E-state index in [0.29, 0.717) is 0 Å². The van der Waals surface area contributed by atoms with Crippen molar-refractivity contribution >= 4 is 11.9 Å². The largest absolute Gasteiger partial charge is 0.444 e. The van der Waals surface area contributed by atoms with Gasteiger partial charge < -0.3 is 14.5 Å². The van der Waals surface area contributed by atoms with Crippen LogP contribution < -0.4 is 4.90 Å². The number of anilines is 1. The standard InChI is InChI=1S/C21H34N4O2/c1-15-14-22-16(2)19(23-15)24-10-6-17(7-11-24)18-8-12-25(13-9-18)20(26)27-21(3,4)5/h14,17-18H,6-13H2,1-5H3. The first kappa shape index (κ1) is 19.9. The van der Waals surface area contributed by atoms with Crippen LogP contribution >= 0.6 is 0 Å². The Balaban J connectivity index is 1.48. The van der Waals surface area contributed by atoms with Crippen LogP contribution in [0.3, 0.4) is 0 Å². The van der Waals surface area contributed by atoms with E-state index in [9.17, 15) is 4.79 Å². The molecule has 0 radical (unpaired) electrons. The second kappa shape index (κ2) is 8.03.